The molecule has 0 radical (unpaired) electrons. The van der Waals surface area contributed by atoms with Crippen LogP contribution in [0, 0.1) is 0 Å². The molecule has 1 N–H and O–H groups in total. The number of ether oxygens (including phenoxy) is 1. The molecule has 1 saturated heterocycles. The molecule has 0 amide bonds. The summed E-state index contributed by atoms with van der Waals surface area (Å²) in [5.74, 6) is 1.18. The van der Waals surface area contributed by atoms with Gasteiger partial charge in [-0.3, -0.25) is 4.99 Å². The zero-order valence-corrected chi connectivity index (χ0v) is 11.5. The van der Waals surface area contributed by atoms with Crippen LogP contribution in [0.25, 0.3) is 0 Å². The summed E-state index contributed by atoms with van der Waals surface area (Å²) in [4.78, 5) is 4.60. The Morgan fingerprint density at radius 1 is 1.38 bits per heavy atom. The number of unbranched alkanes of at least 4 members (excludes halogenated alkanes) is 2. The highest BCUT2D eigenvalue weighted by atomic mass is 32.2. The van der Waals surface area contributed by atoms with Crippen molar-refractivity contribution in [1.29, 1.82) is 0 Å². The first-order chi connectivity index (χ1) is 7.64. The SMILES string of the molecule is COCCCCCN=C1NC(C)(C)CCS1. The van der Waals surface area contributed by atoms with Crippen molar-refractivity contribution in [1.82, 2.24) is 5.32 Å². The largest absolute Gasteiger partial charge is 0.385 e. The maximum atomic E-state index is 5.01. The molecule has 16 heavy (non-hydrogen) atoms. The number of thioether (sulfide) groups is 1. The van der Waals surface area contributed by atoms with Crippen LogP contribution in [0.5, 0.6) is 0 Å². The van der Waals surface area contributed by atoms with E-state index >= 15 is 0 Å². The van der Waals surface area contributed by atoms with Crippen molar-refractivity contribution < 1.29 is 4.74 Å². The minimum Gasteiger partial charge on any atom is -0.385 e. The van der Waals surface area contributed by atoms with Gasteiger partial charge in [-0.15, -0.1) is 0 Å². The molecule has 3 nitrogen and oxygen atoms in total. The van der Waals surface area contributed by atoms with E-state index in [9.17, 15) is 0 Å². The van der Waals surface area contributed by atoms with Crippen molar-refractivity contribution in [3.63, 3.8) is 0 Å². The Labute approximate surface area is 103 Å². The molecule has 0 aliphatic carbocycles. The molecule has 4 heteroatoms. The van der Waals surface area contributed by atoms with E-state index in [0.717, 1.165) is 31.2 Å². The Balaban J connectivity index is 2.14. The predicted molar refractivity (Wildman–Crippen MR) is 72.3 cm³/mol. The van der Waals surface area contributed by atoms with E-state index in [0.29, 0.717) is 0 Å². The fourth-order valence-corrected chi connectivity index (χ4v) is 2.93. The number of rotatable bonds is 6. The Morgan fingerprint density at radius 2 is 2.19 bits per heavy atom. The molecule has 0 spiro atoms. The zero-order valence-electron chi connectivity index (χ0n) is 10.7. The molecule has 1 aliphatic rings. The number of hydrogen-bond acceptors (Lipinski definition) is 3. The third kappa shape index (κ3) is 5.75. The highest BCUT2D eigenvalue weighted by molar-refractivity contribution is 8.13. The fraction of sp³-hybridized carbons (Fsp3) is 0.917. The summed E-state index contributed by atoms with van der Waals surface area (Å²) < 4.78 is 5.01. The van der Waals surface area contributed by atoms with Gasteiger partial charge in [-0.2, -0.15) is 0 Å². The normalized spacial score (nSPS) is 22.1. The molecule has 0 aromatic heterocycles. The van der Waals surface area contributed by atoms with E-state index in [1.54, 1.807) is 7.11 Å². The molecule has 1 aliphatic heterocycles. The molecule has 0 unspecified atom stereocenters. The predicted octanol–water partition coefficient (Wildman–Crippen LogP) is 2.66. The smallest absolute Gasteiger partial charge is 0.156 e. The Morgan fingerprint density at radius 3 is 2.88 bits per heavy atom. The molecular weight excluding hydrogens is 220 g/mol. The molecule has 0 saturated carbocycles. The van der Waals surface area contributed by atoms with Gasteiger partial charge in [0.25, 0.3) is 0 Å². The van der Waals surface area contributed by atoms with E-state index < -0.39 is 0 Å². The van der Waals surface area contributed by atoms with Crippen molar-refractivity contribution in [2.75, 3.05) is 26.0 Å². The first-order valence-corrected chi connectivity index (χ1v) is 7.07. The molecule has 94 valence electrons. The molecular formula is C12H24N2OS. The van der Waals surface area contributed by atoms with Gasteiger partial charge in [-0.25, -0.2) is 0 Å². The van der Waals surface area contributed by atoms with Gasteiger partial charge in [0.15, 0.2) is 5.17 Å². The van der Waals surface area contributed by atoms with E-state index in [4.69, 9.17) is 4.74 Å². The van der Waals surface area contributed by atoms with Crippen molar-refractivity contribution in [3.05, 3.63) is 0 Å². The van der Waals surface area contributed by atoms with Crippen LogP contribution in [0.15, 0.2) is 4.99 Å². The summed E-state index contributed by atoms with van der Waals surface area (Å²) in [6, 6.07) is 0. The summed E-state index contributed by atoms with van der Waals surface area (Å²) >= 11 is 1.85. The summed E-state index contributed by atoms with van der Waals surface area (Å²) in [5, 5.41) is 4.61. The van der Waals surface area contributed by atoms with Gasteiger partial charge in [-0.05, 0) is 39.5 Å². The fourth-order valence-electron chi connectivity index (χ4n) is 1.59. The third-order valence-electron chi connectivity index (χ3n) is 2.67. The molecule has 0 bridgehead atoms. The maximum Gasteiger partial charge on any atom is 0.156 e. The van der Waals surface area contributed by atoms with E-state index in [2.05, 4.69) is 24.2 Å². The van der Waals surface area contributed by atoms with Gasteiger partial charge in [0.1, 0.15) is 0 Å². The van der Waals surface area contributed by atoms with Crippen LogP contribution in [-0.2, 0) is 4.74 Å². The van der Waals surface area contributed by atoms with Gasteiger partial charge in [0.2, 0.25) is 0 Å². The zero-order chi connectivity index (χ0) is 11.9. The second-order valence-corrected chi connectivity index (χ2v) is 5.93. The minimum absolute atomic E-state index is 0.222. The summed E-state index contributed by atoms with van der Waals surface area (Å²) in [6.07, 6.45) is 4.73. The Hall–Kier alpha value is -0.220. The molecule has 1 rings (SSSR count). The van der Waals surface area contributed by atoms with E-state index in [1.807, 2.05) is 11.8 Å². The number of hydrogen-bond donors (Lipinski definition) is 1. The highest BCUT2D eigenvalue weighted by Gasteiger charge is 2.23. The lowest BCUT2D eigenvalue weighted by molar-refractivity contribution is 0.192. The molecule has 1 heterocycles. The lowest BCUT2D eigenvalue weighted by atomic mass is 10.0. The van der Waals surface area contributed by atoms with Crippen LogP contribution in [0.1, 0.15) is 39.5 Å². The van der Waals surface area contributed by atoms with Crippen LogP contribution >= 0.6 is 11.8 Å². The topological polar surface area (TPSA) is 33.6 Å². The first-order valence-electron chi connectivity index (χ1n) is 6.08. The van der Waals surface area contributed by atoms with E-state index in [-0.39, 0.29) is 5.54 Å². The van der Waals surface area contributed by atoms with Crippen molar-refractivity contribution in [2.24, 2.45) is 4.99 Å². The average molecular weight is 244 g/mol. The molecule has 0 atom stereocenters. The second kappa shape index (κ2) is 7.17. The minimum atomic E-state index is 0.222. The van der Waals surface area contributed by atoms with Gasteiger partial charge in [0, 0.05) is 31.6 Å². The molecule has 0 aromatic rings. The second-order valence-electron chi connectivity index (χ2n) is 4.85. The number of methoxy groups -OCH3 is 1. The summed E-state index contributed by atoms with van der Waals surface area (Å²) in [6.45, 7) is 6.29. The summed E-state index contributed by atoms with van der Waals surface area (Å²) in [5.41, 5.74) is 0.222. The first kappa shape index (κ1) is 13.8. The van der Waals surface area contributed by atoms with Crippen molar-refractivity contribution in [2.45, 2.75) is 45.1 Å². The third-order valence-corrected chi connectivity index (χ3v) is 3.59. The van der Waals surface area contributed by atoms with Gasteiger partial charge in [0.05, 0.1) is 0 Å². The Bertz CT molecular complexity index is 229. The van der Waals surface area contributed by atoms with Crippen molar-refractivity contribution >= 4 is 16.9 Å². The van der Waals surface area contributed by atoms with E-state index in [1.165, 1.54) is 18.6 Å². The average Bonchev–Trinajstić information content (AvgIpc) is 2.22. The lowest BCUT2D eigenvalue weighted by Crippen LogP contribution is -2.46. The van der Waals surface area contributed by atoms with Gasteiger partial charge >= 0.3 is 0 Å². The number of nitrogens with zero attached hydrogens (tertiary/aromatic N) is 1. The number of amidine groups is 1. The van der Waals surface area contributed by atoms with Gasteiger partial charge < -0.3 is 10.1 Å². The van der Waals surface area contributed by atoms with Crippen LogP contribution in [0.2, 0.25) is 0 Å². The van der Waals surface area contributed by atoms with Crippen molar-refractivity contribution in [3.8, 4) is 0 Å². The highest BCUT2D eigenvalue weighted by Crippen LogP contribution is 2.21. The maximum absolute atomic E-state index is 5.01. The van der Waals surface area contributed by atoms with Crippen LogP contribution in [0.4, 0.5) is 0 Å². The lowest BCUT2D eigenvalue weighted by Gasteiger charge is -2.32. The standard InChI is InChI=1S/C12H24N2OS/c1-12(2)7-10-16-11(14-12)13-8-5-4-6-9-15-3/h4-10H2,1-3H3,(H,13,14). The Kier molecular flexibility index (Phi) is 6.21. The van der Waals surface area contributed by atoms with Crippen LogP contribution in [0.3, 0.4) is 0 Å². The molecule has 0 aromatic carbocycles. The van der Waals surface area contributed by atoms with Crippen LogP contribution < -0.4 is 5.32 Å². The monoisotopic (exact) mass is 244 g/mol. The molecule has 1 fully saturated rings. The van der Waals surface area contributed by atoms with Crippen LogP contribution in [-0.4, -0.2) is 36.7 Å². The summed E-state index contributed by atoms with van der Waals surface area (Å²) in [7, 11) is 1.75. The number of aliphatic imine (C=N–C) groups is 1. The quantitative estimate of drug-likeness (QED) is 0.729. The van der Waals surface area contributed by atoms with Gasteiger partial charge in [-0.1, -0.05) is 11.8 Å². The number of nitrogens with one attached hydrogen (secondary N) is 1.